The Labute approximate surface area is 167 Å². The van der Waals surface area contributed by atoms with E-state index in [1.54, 1.807) is 39.1 Å². The molecule has 1 aromatic carbocycles. The number of amides is 1. The molecular formula is C18H22N4O4S2. The summed E-state index contributed by atoms with van der Waals surface area (Å²) in [6.07, 6.45) is 0. The molecule has 2 aromatic heterocycles. The molecule has 0 radical (unpaired) electrons. The predicted molar refractivity (Wildman–Crippen MR) is 106 cm³/mol. The summed E-state index contributed by atoms with van der Waals surface area (Å²) in [6, 6.07) is 7.46. The second-order valence-corrected chi connectivity index (χ2v) is 9.15. The summed E-state index contributed by atoms with van der Waals surface area (Å²) in [6.45, 7) is 5.66. The van der Waals surface area contributed by atoms with E-state index in [1.807, 2.05) is 13.0 Å². The van der Waals surface area contributed by atoms with Crippen LogP contribution in [0.15, 0.2) is 39.6 Å². The average Bonchev–Trinajstić information content (AvgIpc) is 3.27. The zero-order chi connectivity index (χ0) is 20.5. The zero-order valence-corrected chi connectivity index (χ0v) is 17.7. The van der Waals surface area contributed by atoms with Crippen LogP contribution in [0.25, 0.3) is 11.0 Å². The maximum atomic E-state index is 13.0. The Hall–Kier alpha value is -2.30. The first-order chi connectivity index (χ1) is 13.2. The first-order valence-electron chi connectivity index (χ1n) is 8.73. The molecule has 0 saturated heterocycles. The molecule has 1 unspecified atom stereocenters. The second kappa shape index (κ2) is 7.98. The number of rotatable bonds is 7. The molecule has 0 fully saturated rings. The summed E-state index contributed by atoms with van der Waals surface area (Å²) in [4.78, 5) is 14.4. The minimum absolute atomic E-state index is 0.0153. The van der Waals surface area contributed by atoms with Gasteiger partial charge in [0.15, 0.2) is 0 Å². The van der Waals surface area contributed by atoms with E-state index in [0.717, 1.165) is 17.5 Å². The molecule has 1 atom stereocenters. The van der Waals surface area contributed by atoms with Gasteiger partial charge in [0, 0.05) is 7.05 Å². The number of sulfonamides is 1. The molecule has 3 aromatic rings. The molecule has 0 bridgehead atoms. The first kappa shape index (κ1) is 20.4. The van der Waals surface area contributed by atoms with Crippen LogP contribution in [0.5, 0.6) is 0 Å². The van der Waals surface area contributed by atoms with Crippen molar-refractivity contribution in [3.63, 3.8) is 0 Å². The van der Waals surface area contributed by atoms with E-state index in [-0.39, 0.29) is 23.3 Å². The molecule has 0 aliphatic rings. The molecular weight excluding hydrogens is 400 g/mol. The number of nitrogens with one attached hydrogen (secondary N) is 1. The summed E-state index contributed by atoms with van der Waals surface area (Å²) in [5.74, 6) is 0.797. The molecule has 28 heavy (non-hydrogen) atoms. The Morgan fingerprint density at radius 2 is 2.00 bits per heavy atom. The zero-order valence-electron chi connectivity index (χ0n) is 16.0. The topological polar surface area (TPSA) is 105 Å². The van der Waals surface area contributed by atoms with E-state index >= 15 is 0 Å². The molecule has 0 spiro atoms. The van der Waals surface area contributed by atoms with Crippen LogP contribution < -0.4 is 4.72 Å². The number of hydrogen-bond acceptors (Lipinski definition) is 7. The number of aryl methyl sites for hydroxylation is 1. The SMILES string of the molecule is Cc1ccc(CN(C)C(=O)C(NS(=O)(=O)c2cccc3nsnc23)C(C)C)o1. The third-order valence-electron chi connectivity index (χ3n) is 4.32. The van der Waals surface area contributed by atoms with Gasteiger partial charge in [0.2, 0.25) is 15.9 Å². The van der Waals surface area contributed by atoms with Crippen LogP contribution in [-0.4, -0.2) is 41.1 Å². The number of carbonyl (C=O) groups excluding carboxylic acids is 1. The van der Waals surface area contributed by atoms with Gasteiger partial charge in [0.25, 0.3) is 0 Å². The number of hydrogen-bond donors (Lipinski definition) is 1. The Bertz CT molecular complexity index is 1090. The number of furan rings is 1. The molecule has 0 saturated carbocycles. The fraction of sp³-hybridized carbons (Fsp3) is 0.389. The van der Waals surface area contributed by atoms with Crippen LogP contribution in [-0.2, 0) is 21.4 Å². The van der Waals surface area contributed by atoms with Gasteiger partial charge in [-0.2, -0.15) is 13.5 Å². The van der Waals surface area contributed by atoms with E-state index in [2.05, 4.69) is 13.5 Å². The highest BCUT2D eigenvalue weighted by molar-refractivity contribution is 7.89. The standard InChI is InChI=1S/C18H22N4O4S2/c1-11(2)16(18(23)22(4)10-13-9-8-12(3)26-13)21-28(24,25)15-7-5-6-14-17(15)20-27-19-14/h5-9,11,16,21H,10H2,1-4H3. The number of carbonyl (C=O) groups is 1. The van der Waals surface area contributed by atoms with E-state index in [1.165, 1.54) is 11.0 Å². The first-order valence-corrected chi connectivity index (χ1v) is 10.9. The summed E-state index contributed by atoms with van der Waals surface area (Å²) >= 11 is 0.945. The highest BCUT2D eigenvalue weighted by Crippen LogP contribution is 2.22. The third-order valence-corrected chi connectivity index (χ3v) is 6.33. The monoisotopic (exact) mass is 422 g/mol. The minimum atomic E-state index is -3.97. The summed E-state index contributed by atoms with van der Waals surface area (Å²) in [5.41, 5.74) is 0.806. The molecule has 8 nitrogen and oxygen atoms in total. The molecule has 3 rings (SSSR count). The quantitative estimate of drug-likeness (QED) is 0.627. The summed E-state index contributed by atoms with van der Waals surface area (Å²) in [5, 5.41) is 0. The van der Waals surface area contributed by atoms with Crippen molar-refractivity contribution in [1.29, 1.82) is 0 Å². The van der Waals surface area contributed by atoms with Crippen molar-refractivity contribution in [3.05, 3.63) is 41.9 Å². The van der Waals surface area contributed by atoms with Crippen molar-refractivity contribution in [2.45, 2.75) is 38.3 Å². The molecule has 2 heterocycles. The fourth-order valence-corrected chi connectivity index (χ4v) is 4.92. The minimum Gasteiger partial charge on any atom is -0.464 e. The lowest BCUT2D eigenvalue weighted by atomic mass is 10.0. The van der Waals surface area contributed by atoms with Crippen LogP contribution in [0.3, 0.4) is 0 Å². The van der Waals surface area contributed by atoms with Gasteiger partial charge in [-0.05, 0) is 37.1 Å². The predicted octanol–water partition coefficient (Wildman–Crippen LogP) is 2.55. The Morgan fingerprint density at radius 3 is 2.64 bits per heavy atom. The van der Waals surface area contributed by atoms with Gasteiger partial charge < -0.3 is 9.32 Å². The Balaban J connectivity index is 1.83. The van der Waals surface area contributed by atoms with E-state index in [0.29, 0.717) is 16.8 Å². The van der Waals surface area contributed by atoms with Crippen molar-refractivity contribution in [3.8, 4) is 0 Å². The number of aromatic nitrogens is 2. The average molecular weight is 423 g/mol. The Morgan fingerprint density at radius 1 is 1.25 bits per heavy atom. The van der Waals surface area contributed by atoms with E-state index < -0.39 is 16.1 Å². The maximum Gasteiger partial charge on any atom is 0.243 e. The summed E-state index contributed by atoms with van der Waals surface area (Å²) < 4.78 is 42.2. The van der Waals surface area contributed by atoms with Crippen molar-refractivity contribution in [1.82, 2.24) is 18.4 Å². The number of likely N-dealkylation sites (N-methyl/N-ethyl adjacent to an activating group) is 1. The molecule has 150 valence electrons. The normalized spacial score (nSPS) is 13.2. The molecule has 10 heteroatoms. The fourth-order valence-electron chi connectivity index (χ4n) is 2.82. The van der Waals surface area contributed by atoms with Gasteiger partial charge in [-0.1, -0.05) is 19.9 Å². The second-order valence-electron chi connectivity index (χ2n) is 6.94. The largest absolute Gasteiger partial charge is 0.464 e. The van der Waals surface area contributed by atoms with Crippen LogP contribution in [0.4, 0.5) is 0 Å². The lowest BCUT2D eigenvalue weighted by Gasteiger charge is -2.26. The molecule has 1 N–H and O–H groups in total. The van der Waals surface area contributed by atoms with Gasteiger partial charge in [-0.15, -0.1) is 0 Å². The van der Waals surface area contributed by atoms with Gasteiger partial charge >= 0.3 is 0 Å². The highest BCUT2D eigenvalue weighted by atomic mass is 32.2. The van der Waals surface area contributed by atoms with Gasteiger partial charge in [-0.3, -0.25) is 4.79 Å². The third kappa shape index (κ3) is 4.23. The lowest BCUT2D eigenvalue weighted by Crippen LogP contribution is -2.49. The number of fused-ring (bicyclic) bond motifs is 1. The van der Waals surface area contributed by atoms with Crippen LogP contribution in [0.2, 0.25) is 0 Å². The molecule has 0 aliphatic carbocycles. The summed E-state index contributed by atoms with van der Waals surface area (Å²) in [7, 11) is -2.35. The van der Waals surface area contributed by atoms with Crippen LogP contribution in [0.1, 0.15) is 25.4 Å². The van der Waals surface area contributed by atoms with E-state index in [9.17, 15) is 13.2 Å². The van der Waals surface area contributed by atoms with Crippen molar-refractivity contribution in [2.75, 3.05) is 7.05 Å². The van der Waals surface area contributed by atoms with Crippen LogP contribution >= 0.6 is 11.7 Å². The van der Waals surface area contributed by atoms with Crippen molar-refractivity contribution < 1.29 is 17.6 Å². The van der Waals surface area contributed by atoms with Crippen molar-refractivity contribution in [2.24, 2.45) is 5.92 Å². The van der Waals surface area contributed by atoms with Gasteiger partial charge in [0.05, 0.1) is 18.3 Å². The van der Waals surface area contributed by atoms with E-state index in [4.69, 9.17) is 4.42 Å². The highest BCUT2D eigenvalue weighted by Gasteiger charge is 2.32. The number of nitrogens with zero attached hydrogens (tertiary/aromatic N) is 3. The Kier molecular flexibility index (Phi) is 5.82. The molecule has 0 aliphatic heterocycles. The maximum absolute atomic E-state index is 13.0. The van der Waals surface area contributed by atoms with Crippen molar-refractivity contribution >= 4 is 38.7 Å². The number of benzene rings is 1. The van der Waals surface area contributed by atoms with Gasteiger partial charge in [0.1, 0.15) is 33.5 Å². The smallest absolute Gasteiger partial charge is 0.243 e. The van der Waals surface area contributed by atoms with Crippen LogP contribution in [0, 0.1) is 12.8 Å². The molecule has 1 amide bonds. The lowest BCUT2D eigenvalue weighted by molar-refractivity contribution is -0.133. The van der Waals surface area contributed by atoms with Gasteiger partial charge in [-0.25, -0.2) is 8.42 Å².